The number of aliphatic hydroxyl groups is 1. The zero-order valence-corrected chi connectivity index (χ0v) is 16.9. The third kappa shape index (κ3) is 5.02. The number of benzene rings is 1. The highest BCUT2D eigenvalue weighted by Gasteiger charge is 2.28. The van der Waals surface area contributed by atoms with Gasteiger partial charge in [0, 0.05) is 57.8 Å². The fraction of sp³-hybridized carbons (Fsp3) is 0.609. The van der Waals surface area contributed by atoms with Crippen molar-refractivity contribution in [2.75, 3.05) is 32.8 Å². The Morgan fingerprint density at radius 1 is 1.07 bits per heavy atom. The second-order valence-electron chi connectivity index (χ2n) is 8.52. The lowest BCUT2D eigenvalue weighted by molar-refractivity contribution is 0.0400. The highest BCUT2D eigenvalue weighted by atomic mass is 16.3. The van der Waals surface area contributed by atoms with Crippen molar-refractivity contribution in [3.63, 3.8) is 0 Å². The molecule has 1 saturated heterocycles. The van der Waals surface area contributed by atoms with Crippen LogP contribution >= 0.6 is 0 Å². The van der Waals surface area contributed by atoms with Crippen molar-refractivity contribution in [1.82, 2.24) is 19.6 Å². The lowest BCUT2D eigenvalue weighted by Crippen LogP contribution is -2.54. The highest BCUT2D eigenvalue weighted by molar-refractivity contribution is 5.35. The zero-order chi connectivity index (χ0) is 19.2. The molecule has 0 amide bonds. The van der Waals surface area contributed by atoms with E-state index in [1.165, 1.54) is 44.2 Å². The van der Waals surface area contributed by atoms with Crippen LogP contribution in [0.2, 0.25) is 0 Å². The third-order valence-electron chi connectivity index (χ3n) is 6.45. The van der Waals surface area contributed by atoms with Gasteiger partial charge in [-0.25, -0.2) is 4.68 Å². The molecule has 0 bridgehead atoms. The molecule has 28 heavy (non-hydrogen) atoms. The summed E-state index contributed by atoms with van der Waals surface area (Å²) in [6.07, 6.45) is 11.7. The zero-order valence-electron chi connectivity index (χ0n) is 16.9. The van der Waals surface area contributed by atoms with Gasteiger partial charge in [0.05, 0.1) is 5.69 Å². The number of hydrogen-bond donors (Lipinski definition) is 1. The fourth-order valence-electron chi connectivity index (χ4n) is 4.94. The second kappa shape index (κ2) is 9.68. The van der Waals surface area contributed by atoms with E-state index in [-0.39, 0.29) is 6.61 Å². The molecule has 5 heteroatoms. The average molecular weight is 383 g/mol. The number of rotatable bonds is 7. The van der Waals surface area contributed by atoms with Crippen molar-refractivity contribution in [1.29, 1.82) is 0 Å². The van der Waals surface area contributed by atoms with Crippen molar-refractivity contribution >= 4 is 0 Å². The summed E-state index contributed by atoms with van der Waals surface area (Å²) in [4.78, 5) is 5.22. The molecule has 1 aromatic heterocycles. The molecule has 152 valence electrons. The lowest BCUT2D eigenvalue weighted by atomic mass is 9.88. The maximum Gasteiger partial charge on any atom is 0.0648 e. The first kappa shape index (κ1) is 19.6. The normalized spacial score (nSPS) is 22.5. The van der Waals surface area contributed by atoms with Gasteiger partial charge in [-0.1, -0.05) is 31.4 Å². The van der Waals surface area contributed by atoms with Crippen LogP contribution in [0.25, 0.3) is 5.69 Å². The van der Waals surface area contributed by atoms with Crippen LogP contribution in [0.15, 0.2) is 42.7 Å². The Bertz CT molecular complexity index is 711. The molecule has 1 aliphatic heterocycles. The van der Waals surface area contributed by atoms with Crippen LogP contribution in [0.5, 0.6) is 0 Å². The molecular weight excluding hydrogens is 348 g/mol. The Morgan fingerprint density at radius 3 is 2.75 bits per heavy atom. The van der Waals surface area contributed by atoms with Crippen LogP contribution < -0.4 is 0 Å². The summed E-state index contributed by atoms with van der Waals surface area (Å²) in [5.74, 6) is 0.868. The first-order valence-corrected chi connectivity index (χ1v) is 11.0. The molecule has 0 unspecified atom stereocenters. The minimum Gasteiger partial charge on any atom is -0.396 e. The fourth-order valence-corrected chi connectivity index (χ4v) is 4.94. The Kier molecular flexibility index (Phi) is 6.78. The summed E-state index contributed by atoms with van der Waals surface area (Å²) in [5.41, 5.74) is 2.45. The molecule has 1 aliphatic carbocycles. The predicted octanol–water partition coefficient (Wildman–Crippen LogP) is 3.32. The van der Waals surface area contributed by atoms with E-state index in [4.69, 9.17) is 0 Å². The van der Waals surface area contributed by atoms with Gasteiger partial charge in [0.1, 0.15) is 0 Å². The largest absolute Gasteiger partial charge is 0.396 e. The maximum absolute atomic E-state index is 9.61. The minimum atomic E-state index is 0.286. The van der Waals surface area contributed by atoms with Crippen molar-refractivity contribution < 1.29 is 5.11 Å². The molecule has 2 heterocycles. The van der Waals surface area contributed by atoms with E-state index in [1.807, 2.05) is 23.1 Å². The molecular formula is C23H34N4O. The first-order chi connectivity index (χ1) is 13.8. The smallest absolute Gasteiger partial charge is 0.0648 e. The number of piperazine rings is 1. The van der Waals surface area contributed by atoms with Crippen LogP contribution in [0.1, 0.15) is 44.1 Å². The lowest BCUT2D eigenvalue weighted by Gasteiger charge is -2.43. The Labute approximate surface area is 169 Å². The number of aromatic nitrogens is 2. The van der Waals surface area contributed by atoms with Gasteiger partial charge in [-0.3, -0.25) is 9.80 Å². The Balaban J connectivity index is 1.36. The molecule has 1 saturated carbocycles. The van der Waals surface area contributed by atoms with E-state index < -0.39 is 0 Å². The predicted molar refractivity (Wildman–Crippen MR) is 112 cm³/mol. The van der Waals surface area contributed by atoms with E-state index in [0.717, 1.165) is 44.2 Å². The van der Waals surface area contributed by atoms with Gasteiger partial charge in [-0.05, 0) is 48.9 Å². The molecule has 2 aliphatic rings. The first-order valence-electron chi connectivity index (χ1n) is 11.0. The summed E-state index contributed by atoms with van der Waals surface area (Å²) in [6, 6.07) is 11.1. The van der Waals surface area contributed by atoms with E-state index in [9.17, 15) is 5.11 Å². The highest BCUT2D eigenvalue weighted by Crippen LogP contribution is 2.26. The Hall–Kier alpha value is -1.69. The van der Waals surface area contributed by atoms with Crippen molar-refractivity contribution in [3.8, 4) is 5.69 Å². The van der Waals surface area contributed by atoms with Gasteiger partial charge in [0.15, 0.2) is 0 Å². The Morgan fingerprint density at radius 2 is 1.96 bits per heavy atom. The minimum absolute atomic E-state index is 0.286. The summed E-state index contributed by atoms with van der Waals surface area (Å²) in [7, 11) is 0. The van der Waals surface area contributed by atoms with Crippen LogP contribution in [0, 0.1) is 5.92 Å². The van der Waals surface area contributed by atoms with E-state index in [1.54, 1.807) is 0 Å². The van der Waals surface area contributed by atoms with Crippen molar-refractivity contribution in [2.45, 2.75) is 51.1 Å². The second-order valence-corrected chi connectivity index (χ2v) is 8.52. The van der Waals surface area contributed by atoms with Gasteiger partial charge in [0.2, 0.25) is 0 Å². The molecule has 2 fully saturated rings. The quantitative estimate of drug-likeness (QED) is 0.798. The molecule has 1 N–H and O–H groups in total. The SMILES string of the molecule is OCC[C@H]1CN(Cc2cccc(-n3cccn3)c2)CCN1CC1CCCCC1. The van der Waals surface area contributed by atoms with Crippen LogP contribution in [-0.4, -0.2) is 63.5 Å². The number of nitrogens with zero attached hydrogens (tertiary/aromatic N) is 4. The summed E-state index contributed by atoms with van der Waals surface area (Å²) >= 11 is 0. The monoisotopic (exact) mass is 382 g/mol. The summed E-state index contributed by atoms with van der Waals surface area (Å²) in [5, 5.41) is 14.0. The molecule has 0 radical (unpaired) electrons. The average Bonchev–Trinajstić information content (AvgIpc) is 3.26. The maximum atomic E-state index is 9.61. The summed E-state index contributed by atoms with van der Waals surface area (Å²) < 4.78 is 1.92. The van der Waals surface area contributed by atoms with E-state index in [0.29, 0.717) is 6.04 Å². The molecule has 4 rings (SSSR count). The van der Waals surface area contributed by atoms with E-state index in [2.05, 4.69) is 39.2 Å². The van der Waals surface area contributed by atoms with Crippen LogP contribution in [0.3, 0.4) is 0 Å². The standard InChI is InChI=1S/C23H34N4O/c28-15-10-23-19-25(13-14-26(23)18-20-6-2-1-3-7-20)17-21-8-4-9-22(16-21)27-12-5-11-24-27/h4-5,8-9,11-12,16,20,23,28H,1-3,6-7,10,13-15,17-19H2/t23-/m0/s1. The molecule has 1 aromatic carbocycles. The number of aliphatic hydroxyl groups excluding tert-OH is 1. The van der Waals surface area contributed by atoms with Gasteiger partial charge in [-0.15, -0.1) is 0 Å². The topological polar surface area (TPSA) is 44.5 Å². The number of hydrogen-bond acceptors (Lipinski definition) is 4. The van der Waals surface area contributed by atoms with Crippen LogP contribution in [-0.2, 0) is 6.54 Å². The van der Waals surface area contributed by atoms with Gasteiger partial charge in [0.25, 0.3) is 0 Å². The van der Waals surface area contributed by atoms with Crippen LogP contribution in [0.4, 0.5) is 0 Å². The van der Waals surface area contributed by atoms with Gasteiger partial charge < -0.3 is 5.11 Å². The molecule has 2 aromatic rings. The third-order valence-corrected chi connectivity index (χ3v) is 6.45. The van der Waals surface area contributed by atoms with Gasteiger partial charge >= 0.3 is 0 Å². The summed E-state index contributed by atoms with van der Waals surface area (Å²) in [6.45, 7) is 5.77. The van der Waals surface area contributed by atoms with Gasteiger partial charge in [-0.2, -0.15) is 5.10 Å². The van der Waals surface area contributed by atoms with E-state index >= 15 is 0 Å². The van der Waals surface area contributed by atoms with Crippen molar-refractivity contribution in [3.05, 3.63) is 48.3 Å². The molecule has 0 spiro atoms. The molecule has 5 nitrogen and oxygen atoms in total. The molecule has 1 atom stereocenters. The van der Waals surface area contributed by atoms with Crippen molar-refractivity contribution in [2.24, 2.45) is 5.92 Å².